The molecule has 4 rings (SSSR count). The van der Waals surface area contributed by atoms with Gasteiger partial charge < -0.3 is 19.9 Å². The molecule has 0 bridgehead atoms. The average molecular weight is 321 g/mol. The SMILES string of the molecule is COc1cccc2c3c([nH]c12)CCN(C(=O)Nc1ccccc1)C3. The fourth-order valence-corrected chi connectivity index (χ4v) is 3.28. The third kappa shape index (κ3) is 2.48. The van der Waals surface area contributed by atoms with Crippen LogP contribution in [0.3, 0.4) is 0 Å². The predicted molar refractivity (Wildman–Crippen MR) is 94.4 cm³/mol. The molecule has 0 radical (unpaired) electrons. The molecule has 0 spiro atoms. The second-order valence-corrected chi connectivity index (χ2v) is 5.93. The van der Waals surface area contributed by atoms with Crippen LogP contribution in [-0.4, -0.2) is 29.6 Å². The summed E-state index contributed by atoms with van der Waals surface area (Å²) in [6, 6.07) is 15.5. The maximum Gasteiger partial charge on any atom is 0.322 e. The minimum absolute atomic E-state index is 0.0657. The Morgan fingerprint density at radius 1 is 1.17 bits per heavy atom. The van der Waals surface area contributed by atoms with E-state index in [1.165, 1.54) is 11.3 Å². The lowest BCUT2D eigenvalue weighted by Crippen LogP contribution is -2.38. The number of fused-ring (bicyclic) bond motifs is 3. The van der Waals surface area contributed by atoms with Gasteiger partial charge in [-0.2, -0.15) is 0 Å². The summed E-state index contributed by atoms with van der Waals surface area (Å²) in [5.74, 6) is 0.835. The lowest BCUT2D eigenvalue weighted by molar-refractivity contribution is 0.206. The van der Waals surface area contributed by atoms with Gasteiger partial charge in [0.15, 0.2) is 0 Å². The quantitative estimate of drug-likeness (QED) is 0.755. The van der Waals surface area contributed by atoms with Gasteiger partial charge in [-0.1, -0.05) is 30.3 Å². The molecule has 2 amide bonds. The lowest BCUT2D eigenvalue weighted by atomic mass is 10.0. The molecule has 0 saturated heterocycles. The van der Waals surface area contributed by atoms with E-state index in [-0.39, 0.29) is 6.03 Å². The fourth-order valence-electron chi connectivity index (χ4n) is 3.28. The first-order valence-electron chi connectivity index (χ1n) is 8.03. The van der Waals surface area contributed by atoms with Crippen LogP contribution in [0.2, 0.25) is 0 Å². The van der Waals surface area contributed by atoms with Gasteiger partial charge in [-0.15, -0.1) is 0 Å². The summed E-state index contributed by atoms with van der Waals surface area (Å²) in [5.41, 5.74) is 4.20. The van der Waals surface area contributed by atoms with Gasteiger partial charge in [0.25, 0.3) is 0 Å². The Morgan fingerprint density at radius 3 is 2.79 bits per heavy atom. The number of amides is 2. The van der Waals surface area contributed by atoms with Crippen molar-refractivity contribution in [3.63, 3.8) is 0 Å². The van der Waals surface area contributed by atoms with E-state index in [1.54, 1.807) is 7.11 Å². The van der Waals surface area contributed by atoms with Crippen LogP contribution in [0.5, 0.6) is 5.75 Å². The molecule has 0 aliphatic carbocycles. The summed E-state index contributed by atoms with van der Waals surface area (Å²) in [5, 5.41) is 4.08. The van der Waals surface area contributed by atoms with Crippen LogP contribution in [0.25, 0.3) is 10.9 Å². The first-order valence-corrected chi connectivity index (χ1v) is 8.03. The third-order valence-electron chi connectivity index (χ3n) is 4.50. The van der Waals surface area contributed by atoms with Crippen LogP contribution >= 0.6 is 0 Å². The standard InChI is InChI=1S/C19H19N3O2/c1-24-17-9-5-8-14-15-12-22(11-10-16(15)21-18(14)17)19(23)20-13-6-3-2-4-7-13/h2-9,21H,10-12H2,1H3,(H,20,23). The van der Waals surface area contributed by atoms with E-state index < -0.39 is 0 Å². The largest absolute Gasteiger partial charge is 0.495 e. The monoisotopic (exact) mass is 321 g/mol. The molecule has 0 atom stereocenters. The summed E-state index contributed by atoms with van der Waals surface area (Å²) < 4.78 is 5.43. The molecule has 2 heterocycles. The summed E-state index contributed by atoms with van der Waals surface area (Å²) in [7, 11) is 1.67. The molecule has 1 aliphatic heterocycles. The number of benzene rings is 2. The molecule has 5 nitrogen and oxygen atoms in total. The van der Waals surface area contributed by atoms with Crippen molar-refractivity contribution in [2.24, 2.45) is 0 Å². The van der Waals surface area contributed by atoms with Crippen molar-refractivity contribution >= 4 is 22.6 Å². The number of carbonyl (C=O) groups excluding carboxylic acids is 1. The van der Waals surface area contributed by atoms with Gasteiger partial charge in [0.05, 0.1) is 12.6 Å². The lowest BCUT2D eigenvalue weighted by Gasteiger charge is -2.27. The summed E-state index contributed by atoms with van der Waals surface area (Å²) >= 11 is 0. The highest BCUT2D eigenvalue weighted by atomic mass is 16.5. The van der Waals surface area contributed by atoms with Crippen LogP contribution in [0, 0.1) is 0 Å². The number of hydrogen-bond donors (Lipinski definition) is 2. The van der Waals surface area contributed by atoms with Gasteiger partial charge in [0.1, 0.15) is 5.75 Å². The van der Waals surface area contributed by atoms with Gasteiger partial charge in [-0.05, 0) is 18.2 Å². The second-order valence-electron chi connectivity index (χ2n) is 5.93. The Labute approximate surface area is 140 Å². The molecule has 0 saturated carbocycles. The predicted octanol–water partition coefficient (Wildman–Crippen LogP) is 3.77. The van der Waals surface area contributed by atoms with E-state index in [9.17, 15) is 4.79 Å². The number of nitrogens with zero attached hydrogens (tertiary/aromatic N) is 1. The number of para-hydroxylation sites is 2. The Bertz CT molecular complexity index is 886. The van der Waals surface area contributed by atoms with E-state index in [2.05, 4.69) is 16.4 Å². The zero-order valence-corrected chi connectivity index (χ0v) is 13.5. The molecule has 1 aromatic heterocycles. The normalized spacial score (nSPS) is 13.6. The summed E-state index contributed by atoms with van der Waals surface area (Å²) in [6.07, 6.45) is 0.815. The van der Waals surface area contributed by atoms with Crippen LogP contribution < -0.4 is 10.1 Å². The molecule has 5 heteroatoms. The number of carbonyl (C=O) groups is 1. The zero-order valence-electron chi connectivity index (χ0n) is 13.5. The number of ether oxygens (including phenoxy) is 1. The first-order chi connectivity index (χ1) is 11.8. The van der Waals surface area contributed by atoms with Gasteiger partial charge in [-0.25, -0.2) is 4.79 Å². The van der Waals surface area contributed by atoms with Crippen molar-refractivity contribution in [3.05, 3.63) is 59.8 Å². The number of hydrogen-bond acceptors (Lipinski definition) is 2. The maximum atomic E-state index is 12.5. The topological polar surface area (TPSA) is 57.4 Å². The van der Waals surface area contributed by atoms with Crippen molar-refractivity contribution in [3.8, 4) is 5.75 Å². The third-order valence-corrected chi connectivity index (χ3v) is 4.50. The first kappa shape index (κ1) is 14.6. The molecular weight excluding hydrogens is 302 g/mol. The van der Waals surface area contributed by atoms with Gasteiger partial charge >= 0.3 is 6.03 Å². The number of anilines is 1. The van der Waals surface area contributed by atoms with Crippen molar-refractivity contribution in [2.45, 2.75) is 13.0 Å². The molecular formula is C19H19N3O2. The molecule has 2 N–H and O–H groups in total. The van der Waals surface area contributed by atoms with Crippen molar-refractivity contribution in [2.75, 3.05) is 19.0 Å². The molecule has 0 fully saturated rings. The molecule has 0 unspecified atom stereocenters. The number of H-pyrrole nitrogens is 1. The highest BCUT2D eigenvalue weighted by Gasteiger charge is 2.24. The minimum atomic E-state index is -0.0657. The Kier molecular flexibility index (Phi) is 3.61. The van der Waals surface area contributed by atoms with Crippen molar-refractivity contribution in [1.29, 1.82) is 0 Å². The summed E-state index contributed by atoms with van der Waals surface area (Å²) in [6.45, 7) is 1.29. The number of aromatic amines is 1. The smallest absolute Gasteiger partial charge is 0.322 e. The number of aromatic nitrogens is 1. The summed E-state index contributed by atoms with van der Waals surface area (Å²) in [4.78, 5) is 17.8. The zero-order chi connectivity index (χ0) is 16.5. The van der Waals surface area contributed by atoms with Gasteiger partial charge in [-0.3, -0.25) is 0 Å². The molecule has 122 valence electrons. The van der Waals surface area contributed by atoms with Crippen LogP contribution in [0.4, 0.5) is 10.5 Å². The minimum Gasteiger partial charge on any atom is -0.495 e. The Morgan fingerprint density at radius 2 is 2.00 bits per heavy atom. The average Bonchev–Trinajstić information content (AvgIpc) is 3.00. The number of methoxy groups -OCH3 is 1. The van der Waals surface area contributed by atoms with Gasteiger partial charge in [0.2, 0.25) is 0 Å². The van der Waals surface area contributed by atoms with Gasteiger partial charge in [0, 0.05) is 41.8 Å². The van der Waals surface area contributed by atoms with E-state index >= 15 is 0 Å². The maximum absolute atomic E-state index is 12.5. The number of urea groups is 1. The Hall–Kier alpha value is -2.95. The van der Waals surface area contributed by atoms with E-state index in [4.69, 9.17) is 4.74 Å². The van der Waals surface area contributed by atoms with Crippen molar-refractivity contribution < 1.29 is 9.53 Å². The fraction of sp³-hybridized carbons (Fsp3) is 0.211. The number of rotatable bonds is 2. The highest BCUT2D eigenvalue weighted by Crippen LogP contribution is 2.32. The second kappa shape index (κ2) is 5.92. The number of nitrogens with one attached hydrogen (secondary N) is 2. The van der Waals surface area contributed by atoms with Crippen LogP contribution in [-0.2, 0) is 13.0 Å². The molecule has 1 aliphatic rings. The van der Waals surface area contributed by atoms with Crippen molar-refractivity contribution in [1.82, 2.24) is 9.88 Å². The van der Waals surface area contributed by atoms with Crippen LogP contribution in [0.1, 0.15) is 11.3 Å². The van der Waals surface area contributed by atoms with E-state index in [1.807, 2.05) is 47.4 Å². The van der Waals surface area contributed by atoms with E-state index in [0.717, 1.165) is 28.8 Å². The van der Waals surface area contributed by atoms with E-state index in [0.29, 0.717) is 13.1 Å². The Balaban J connectivity index is 1.60. The molecule has 2 aromatic carbocycles. The highest BCUT2D eigenvalue weighted by molar-refractivity contribution is 5.92. The van der Waals surface area contributed by atoms with Crippen LogP contribution in [0.15, 0.2) is 48.5 Å². The molecule has 24 heavy (non-hydrogen) atoms. The molecule has 3 aromatic rings.